The second-order valence-electron chi connectivity index (χ2n) is 9.64. The lowest BCUT2D eigenvalue weighted by Crippen LogP contribution is -2.41. The molecule has 0 fully saturated rings. The molecule has 0 aliphatic heterocycles. The number of carbonyl (C=O) groups is 2. The maximum absolute atomic E-state index is 13.2. The molecule has 3 rings (SSSR count). The molecule has 2 N–H and O–H groups in total. The number of hydrogen-bond donors (Lipinski definition) is 2. The fourth-order valence-electron chi connectivity index (χ4n) is 3.54. The summed E-state index contributed by atoms with van der Waals surface area (Å²) >= 11 is 12.4. The smallest absolute Gasteiger partial charge is 0.315 e. The number of hydrogen-bond acceptors (Lipinski definition) is 3. The van der Waals surface area contributed by atoms with Crippen molar-refractivity contribution in [2.24, 2.45) is 0 Å². The van der Waals surface area contributed by atoms with Gasteiger partial charge in [-0.2, -0.15) is 5.10 Å². The van der Waals surface area contributed by atoms with E-state index in [1.54, 1.807) is 35.0 Å². The summed E-state index contributed by atoms with van der Waals surface area (Å²) in [6.45, 7) is 8.59. The number of anilines is 2. The van der Waals surface area contributed by atoms with Crippen LogP contribution in [0.25, 0.3) is 5.69 Å². The standard InChI is InChI=1S/C27H33Cl2N5O2/c1-5-6-9-16-33(26(36)30-20-14-12-19(28)13-15-20)18-25(35)31-24-17-23(27(2,3)4)32-34(24)22-11-8-7-10-21(22)29/h7-8,10-15,17H,5-6,9,16,18H2,1-4H3,(H,30,36)(H,31,35). The average molecular weight is 531 g/mol. The van der Waals surface area contributed by atoms with Gasteiger partial charge in [-0.1, -0.05) is 75.9 Å². The van der Waals surface area contributed by atoms with Crippen LogP contribution in [0.5, 0.6) is 0 Å². The molecule has 0 radical (unpaired) electrons. The van der Waals surface area contributed by atoms with Gasteiger partial charge in [-0.3, -0.25) is 4.79 Å². The van der Waals surface area contributed by atoms with Crippen molar-refractivity contribution >= 4 is 46.6 Å². The predicted octanol–water partition coefficient (Wildman–Crippen LogP) is 7.14. The third kappa shape index (κ3) is 7.48. The predicted molar refractivity (Wildman–Crippen MR) is 147 cm³/mol. The highest BCUT2D eigenvalue weighted by Gasteiger charge is 2.23. The lowest BCUT2D eigenvalue weighted by Gasteiger charge is -2.23. The highest BCUT2D eigenvalue weighted by atomic mass is 35.5. The van der Waals surface area contributed by atoms with Crippen LogP contribution < -0.4 is 10.6 Å². The summed E-state index contributed by atoms with van der Waals surface area (Å²) in [5.41, 5.74) is 1.83. The number of amides is 3. The van der Waals surface area contributed by atoms with Crippen LogP contribution in [-0.4, -0.2) is 39.7 Å². The first-order valence-electron chi connectivity index (χ1n) is 12.0. The molecule has 0 spiro atoms. The second kappa shape index (κ2) is 12.3. The molecule has 36 heavy (non-hydrogen) atoms. The lowest BCUT2D eigenvalue weighted by molar-refractivity contribution is -0.116. The molecule has 9 heteroatoms. The summed E-state index contributed by atoms with van der Waals surface area (Å²) in [6, 6.07) is 15.7. The van der Waals surface area contributed by atoms with Crippen LogP contribution in [0.15, 0.2) is 54.6 Å². The summed E-state index contributed by atoms with van der Waals surface area (Å²) in [5.74, 6) is 0.163. The van der Waals surface area contributed by atoms with Gasteiger partial charge in [0.1, 0.15) is 12.4 Å². The van der Waals surface area contributed by atoms with Crippen molar-refractivity contribution in [1.82, 2.24) is 14.7 Å². The monoisotopic (exact) mass is 529 g/mol. The van der Waals surface area contributed by atoms with Crippen LogP contribution >= 0.6 is 23.2 Å². The molecule has 1 aromatic heterocycles. The molecule has 3 aromatic rings. The third-order valence-electron chi connectivity index (χ3n) is 5.57. The number of para-hydroxylation sites is 1. The molecule has 192 valence electrons. The quantitative estimate of drug-likeness (QED) is 0.289. The van der Waals surface area contributed by atoms with Crippen molar-refractivity contribution in [3.63, 3.8) is 0 Å². The van der Waals surface area contributed by atoms with Crippen LogP contribution in [0.1, 0.15) is 52.7 Å². The van der Waals surface area contributed by atoms with Gasteiger partial charge in [-0.15, -0.1) is 0 Å². The van der Waals surface area contributed by atoms with Crippen LogP contribution in [-0.2, 0) is 10.2 Å². The zero-order valence-electron chi connectivity index (χ0n) is 21.1. The summed E-state index contributed by atoms with van der Waals surface area (Å²) in [7, 11) is 0. The highest BCUT2D eigenvalue weighted by molar-refractivity contribution is 6.32. The summed E-state index contributed by atoms with van der Waals surface area (Å²) in [4.78, 5) is 27.7. The van der Waals surface area contributed by atoms with E-state index < -0.39 is 0 Å². The first-order chi connectivity index (χ1) is 17.1. The van der Waals surface area contributed by atoms with Gasteiger partial charge >= 0.3 is 6.03 Å². The maximum atomic E-state index is 13.2. The van der Waals surface area contributed by atoms with E-state index in [9.17, 15) is 9.59 Å². The van der Waals surface area contributed by atoms with E-state index in [1.807, 2.05) is 24.3 Å². The van der Waals surface area contributed by atoms with Crippen LogP contribution in [0.4, 0.5) is 16.3 Å². The molecule has 2 aromatic carbocycles. The Labute approximate surface area is 222 Å². The average Bonchev–Trinajstić information content (AvgIpc) is 3.24. The number of aromatic nitrogens is 2. The second-order valence-corrected chi connectivity index (χ2v) is 10.5. The fraction of sp³-hybridized carbons (Fsp3) is 0.370. The van der Waals surface area contributed by atoms with E-state index >= 15 is 0 Å². The minimum atomic E-state index is -0.349. The third-order valence-corrected chi connectivity index (χ3v) is 6.15. The fourth-order valence-corrected chi connectivity index (χ4v) is 3.88. The molecule has 3 amide bonds. The van der Waals surface area contributed by atoms with Crippen molar-refractivity contribution in [2.45, 2.75) is 52.4 Å². The van der Waals surface area contributed by atoms with Crippen molar-refractivity contribution in [2.75, 3.05) is 23.7 Å². The van der Waals surface area contributed by atoms with Gasteiger partial charge in [0.15, 0.2) is 0 Å². The topological polar surface area (TPSA) is 79.3 Å². The van der Waals surface area contributed by atoms with E-state index in [2.05, 4.69) is 38.3 Å². The van der Waals surface area contributed by atoms with E-state index in [1.165, 1.54) is 4.90 Å². The Bertz CT molecular complexity index is 1190. The Kier molecular flexibility index (Phi) is 9.40. The molecule has 0 unspecified atom stereocenters. The largest absolute Gasteiger partial charge is 0.322 e. The minimum Gasteiger partial charge on any atom is -0.315 e. The number of halogens is 2. The number of unbranched alkanes of at least 4 members (excludes halogenated alkanes) is 2. The molecule has 7 nitrogen and oxygen atoms in total. The van der Waals surface area contributed by atoms with Gasteiger partial charge in [-0.05, 0) is 42.8 Å². The van der Waals surface area contributed by atoms with Gasteiger partial charge in [0.05, 0.1) is 16.4 Å². The minimum absolute atomic E-state index is 0.109. The van der Waals surface area contributed by atoms with Crippen molar-refractivity contribution in [3.05, 3.63) is 70.3 Å². The van der Waals surface area contributed by atoms with Gasteiger partial charge < -0.3 is 15.5 Å². The Balaban J connectivity index is 1.81. The molecule has 0 saturated carbocycles. The van der Waals surface area contributed by atoms with Crippen LogP contribution in [0, 0.1) is 0 Å². The molecule has 0 bridgehead atoms. The molecular weight excluding hydrogens is 497 g/mol. The van der Waals surface area contributed by atoms with Gasteiger partial charge in [0, 0.05) is 28.7 Å². The van der Waals surface area contributed by atoms with Crippen molar-refractivity contribution in [3.8, 4) is 5.69 Å². The Hall–Kier alpha value is -3.03. The van der Waals surface area contributed by atoms with Gasteiger partial charge in [0.25, 0.3) is 0 Å². The zero-order chi connectivity index (χ0) is 26.3. The molecule has 0 saturated heterocycles. The number of benzene rings is 2. The number of rotatable bonds is 9. The van der Waals surface area contributed by atoms with Crippen molar-refractivity contribution < 1.29 is 9.59 Å². The Morgan fingerprint density at radius 3 is 2.33 bits per heavy atom. The van der Waals surface area contributed by atoms with E-state index in [4.69, 9.17) is 28.3 Å². The van der Waals surface area contributed by atoms with Crippen LogP contribution in [0.2, 0.25) is 10.0 Å². The summed E-state index contributed by atoms with van der Waals surface area (Å²) in [5, 5.41) is 11.6. The van der Waals surface area contributed by atoms with Crippen LogP contribution in [0.3, 0.4) is 0 Å². The van der Waals surface area contributed by atoms with E-state index in [0.717, 1.165) is 25.0 Å². The number of nitrogens with zero attached hydrogens (tertiary/aromatic N) is 3. The van der Waals surface area contributed by atoms with Crippen molar-refractivity contribution in [1.29, 1.82) is 0 Å². The molecular formula is C27H33Cl2N5O2. The molecule has 1 heterocycles. The Morgan fingerprint density at radius 1 is 1.00 bits per heavy atom. The molecule has 0 atom stereocenters. The number of carbonyl (C=O) groups excluding carboxylic acids is 2. The molecule has 0 aliphatic carbocycles. The number of urea groups is 1. The summed E-state index contributed by atoms with van der Waals surface area (Å²) in [6.07, 6.45) is 2.76. The normalized spacial score (nSPS) is 11.3. The van der Waals surface area contributed by atoms with Gasteiger partial charge in [0.2, 0.25) is 5.91 Å². The first-order valence-corrected chi connectivity index (χ1v) is 12.8. The SMILES string of the molecule is CCCCCN(CC(=O)Nc1cc(C(C)(C)C)nn1-c1ccccc1Cl)C(=O)Nc1ccc(Cl)cc1. The molecule has 0 aliphatic rings. The lowest BCUT2D eigenvalue weighted by atomic mass is 9.92. The highest BCUT2D eigenvalue weighted by Crippen LogP contribution is 2.29. The zero-order valence-corrected chi connectivity index (χ0v) is 22.7. The van der Waals surface area contributed by atoms with E-state index in [-0.39, 0.29) is 23.9 Å². The van der Waals surface area contributed by atoms with Gasteiger partial charge in [-0.25, -0.2) is 9.48 Å². The number of nitrogens with one attached hydrogen (secondary N) is 2. The van der Waals surface area contributed by atoms with E-state index in [0.29, 0.717) is 33.8 Å². The first kappa shape index (κ1) is 27.6. The Morgan fingerprint density at radius 2 is 1.69 bits per heavy atom. The maximum Gasteiger partial charge on any atom is 0.322 e. The summed E-state index contributed by atoms with van der Waals surface area (Å²) < 4.78 is 1.63.